The fourth-order valence-electron chi connectivity index (χ4n) is 14.6. The highest BCUT2D eigenvalue weighted by molar-refractivity contribution is 5.01. The molecule has 0 bridgehead atoms. The summed E-state index contributed by atoms with van der Waals surface area (Å²) in [7, 11) is 0. The first-order valence-corrected chi connectivity index (χ1v) is 21.5. The number of hydrogen-bond donors (Lipinski definition) is 0. The van der Waals surface area contributed by atoms with Crippen LogP contribution in [0.1, 0.15) is 180 Å². The maximum absolute atomic E-state index is 3.04. The van der Waals surface area contributed by atoms with Gasteiger partial charge in [-0.1, -0.05) is 122 Å². The Morgan fingerprint density at radius 3 is 0.955 bits per heavy atom. The van der Waals surface area contributed by atoms with Crippen LogP contribution in [-0.2, 0) is 0 Å². The lowest BCUT2D eigenvalue weighted by Crippen LogP contribution is -2.43. The lowest BCUT2D eigenvalue weighted by atomic mass is 9.55. The summed E-state index contributed by atoms with van der Waals surface area (Å²) >= 11 is 0. The standard InChI is InChI=1S/C43H75N/c1-2-29-44-30-42-40-28-16-15-27-37(40)35-22-14-12-20-33(35)18-10-9-17-32-19-11-13-21-34(32)36-23-5-3-6-24-38(36)39-25-7-4-8-26-41(39)43(42)31-44/h32-43H,2-31H2,1H3/t32-,33?,34?,35-,36?,37-,38+,39?,40?,41?,42?,43?/m1/s1. The van der Waals surface area contributed by atoms with Crippen LogP contribution >= 0.6 is 0 Å². The first-order chi connectivity index (χ1) is 21.8. The normalized spacial score (nSPS) is 46.6. The second-order valence-electron chi connectivity index (χ2n) is 18.3. The van der Waals surface area contributed by atoms with E-state index in [9.17, 15) is 0 Å². The molecule has 6 aliphatic carbocycles. The molecule has 1 nitrogen and oxygen atoms in total. The predicted molar refractivity (Wildman–Crippen MR) is 189 cm³/mol. The minimum atomic E-state index is 1.02. The van der Waals surface area contributed by atoms with Crippen molar-refractivity contribution in [3.8, 4) is 0 Å². The molecule has 0 radical (unpaired) electrons. The van der Waals surface area contributed by atoms with E-state index in [1.165, 1.54) is 26.1 Å². The molecule has 0 spiro atoms. The van der Waals surface area contributed by atoms with E-state index < -0.39 is 0 Å². The van der Waals surface area contributed by atoms with Gasteiger partial charge in [-0.25, -0.2) is 0 Å². The van der Waals surface area contributed by atoms with E-state index in [1.807, 2.05) is 0 Å². The molecule has 1 heterocycles. The van der Waals surface area contributed by atoms with E-state index in [1.54, 1.807) is 167 Å². The van der Waals surface area contributed by atoms with Crippen molar-refractivity contribution in [3.63, 3.8) is 0 Å². The van der Waals surface area contributed by atoms with Crippen molar-refractivity contribution in [1.82, 2.24) is 4.90 Å². The highest BCUT2D eigenvalue weighted by atomic mass is 15.2. The molecule has 0 aromatic heterocycles. The Labute approximate surface area is 275 Å². The van der Waals surface area contributed by atoms with Gasteiger partial charge in [0.25, 0.3) is 0 Å². The van der Waals surface area contributed by atoms with Gasteiger partial charge in [0.2, 0.25) is 0 Å². The van der Waals surface area contributed by atoms with Gasteiger partial charge in [0.15, 0.2) is 0 Å². The summed E-state index contributed by atoms with van der Waals surface area (Å²) < 4.78 is 0. The Morgan fingerprint density at radius 1 is 0.318 bits per heavy atom. The predicted octanol–water partition coefficient (Wildman–Crippen LogP) is 12.3. The number of likely N-dealkylation sites (tertiary alicyclic amines) is 1. The Bertz CT molecular complexity index is 850. The van der Waals surface area contributed by atoms with Crippen LogP contribution in [0, 0.1) is 71.0 Å². The minimum absolute atomic E-state index is 1.02. The van der Waals surface area contributed by atoms with Crippen LogP contribution in [0.5, 0.6) is 0 Å². The molecular weight excluding hydrogens is 530 g/mol. The topological polar surface area (TPSA) is 3.24 Å². The molecule has 1 heteroatoms. The molecule has 7 aliphatic rings. The van der Waals surface area contributed by atoms with Gasteiger partial charge in [-0.2, -0.15) is 0 Å². The molecule has 44 heavy (non-hydrogen) atoms. The minimum Gasteiger partial charge on any atom is -0.303 e. The van der Waals surface area contributed by atoms with E-state index in [2.05, 4.69) is 11.8 Å². The third kappa shape index (κ3) is 7.19. The third-order valence-corrected chi connectivity index (χ3v) is 16.2. The second-order valence-corrected chi connectivity index (χ2v) is 18.3. The maximum atomic E-state index is 3.04. The molecule has 7 rings (SSSR count). The maximum Gasteiger partial charge on any atom is 0.00158 e. The van der Waals surface area contributed by atoms with Crippen molar-refractivity contribution in [2.75, 3.05) is 19.6 Å². The van der Waals surface area contributed by atoms with Gasteiger partial charge in [0, 0.05) is 13.1 Å². The van der Waals surface area contributed by atoms with Crippen LogP contribution in [0.15, 0.2) is 0 Å². The molecule has 1 saturated heterocycles. The van der Waals surface area contributed by atoms with Crippen molar-refractivity contribution in [2.24, 2.45) is 71.0 Å². The summed E-state index contributed by atoms with van der Waals surface area (Å²) in [4.78, 5) is 3.04. The Kier molecular flexibility index (Phi) is 11.7. The summed E-state index contributed by atoms with van der Waals surface area (Å²) in [6.45, 7) is 6.81. The van der Waals surface area contributed by atoms with E-state index in [4.69, 9.17) is 0 Å². The molecule has 12 atom stereocenters. The van der Waals surface area contributed by atoms with Crippen LogP contribution in [0.3, 0.4) is 0 Å². The van der Waals surface area contributed by atoms with Crippen molar-refractivity contribution in [3.05, 3.63) is 0 Å². The van der Waals surface area contributed by atoms with E-state index >= 15 is 0 Å². The first kappa shape index (κ1) is 32.5. The summed E-state index contributed by atoms with van der Waals surface area (Å²) in [5, 5.41) is 0. The fourth-order valence-corrected chi connectivity index (χ4v) is 14.6. The van der Waals surface area contributed by atoms with Gasteiger partial charge in [0.1, 0.15) is 0 Å². The second kappa shape index (κ2) is 15.9. The van der Waals surface area contributed by atoms with Crippen molar-refractivity contribution in [2.45, 2.75) is 180 Å². The van der Waals surface area contributed by atoms with Gasteiger partial charge in [-0.05, 0) is 135 Å². The lowest BCUT2D eigenvalue weighted by molar-refractivity contribution is 0.000385. The summed E-state index contributed by atoms with van der Waals surface area (Å²) in [6, 6.07) is 0. The number of hydrogen-bond acceptors (Lipinski definition) is 1. The SMILES string of the molecule is CCCN1CC2C3CCCCCC3[C@H]3CCCCCC3C3CCCC[C@H]3CCCCC3CCCC[C@H]3[C@H]3CCCCC3C2C1. The highest BCUT2D eigenvalue weighted by Crippen LogP contribution is 2.56. The van der Waals surface area contributed by atoms with E-state index in [0.717, 1.165) is 71.0 Å². The Hall–Kier alpha value is -0.0400. The largest absolute Gasteiger partial charge is 0.303 e. The van der Waals surface area contributed by atoms with Gasteiger partial charge >= 0.3 is 0 Å². The lowest BCUT2D eigenvalue weighted by Gasteiger charge is -2.49. The van der Waals surface area contributed by atoms with Gasteiger partial charge in [0.05, 0.1) is 0 Å². The van der Waals surface area contributed by atoms with Crippen molar-refractivity contribution < 1.29 is 0 Å². The van der Waals surface area contributed by atoms with Crippen LogP contribution in [-0.4, -0.2) is 24.5 Å². The first-order valence-electron chi connectivity index (χ1n) is 21.5. The summed E-state index contributed by atoms with van der Waals surface area (Å²) in [5.41, 5.74) is 0. The number of fused-ring (bicyclic) bond motifs is 11. The van der Waals surface area contributed by atoms with Crippen molar-refractivity contribution >= 4 is 0 Å². The quantitative estimate of drug-likeness (QED) is 0.303. The highest BCUT2D eigenvalue weighted by Gasteiger charge is 2.51. The van der Waals surface area contributed by atoms with Crippen molar-refractivity contribution in [1.29, 1.82) is 0 Å². The molecule has 6 saturated carbocycles. The number of rotatable bonds is 2. The molecule has 0 N–H and O–H groups in total. The van der Waals surface area contributed by atoms with Crippen LogP contribution < -0.4 is 0 Å². The van der Waals surface area contributed by atoms with Crippen LogP contribution in [0.4, 0.5) is 0 Å². The van der Waals surface area contributed by atoms with E-state index in [-0.39, 0.29) is 0 Å². The van der Waals surface area contributed by atoms with E-state index in [0.29, 0.717) is 0 Å². The fraction of sp³-hybridized carbons (Fsp3) is 1.00. The van der Waals surface area contributed by atoms with Gasteiger partial charge in [-0.3, -0.25) is 0 Å². The molecule has 1 aliphatic heterocycles. The molecular formula is C43H75N. The zero-order chi connectivity index (χ0) is 29.7. The molecule has 7 fully saturated rings. The Morgan fingerprint density at radius 2 is 0.591 bits per heavy atom. The smallest absolute Gasteiger partial charge is 0.00158 e. The summed E-state index contributed by atoms with van der Waals surface area (Å²) in [5.74, 6) is 12.8. The average molecular weight is 606 g/mol. The summed E-state index contributed by atoms with van der Waals surface area (Å²) in [6.07, 6.45) is 42.4. The van der Waals surface area contributed by atoms with Gasteiger partial charge in [-0.15, -0.1) is 0 Å². The number of nitrogens with zero attached hydrogens (tertiary/aromatic N) is 1. The molecule has 0 aromatic rings. The third-order valence-electron chi connectivity index (χ3n) is 16.2. The monoisotopic (exact) mass is 606 g/mol. The molecule has 8 unspecified atom stereocenters. The molecule has 0 amide bonds. The van der Waals surface area contributed by atoms with Gasteiger partial charge < -0.3 is 4.90 Å². The van der Waals surface area contributed by atoms with Crippen LogP contribution in [0.25, 0.3) is 0 Å². The zero-order valence-electron chi connectivity index (χ0n) is 29.6. The Balaban J connectivity index is 1.27. The molecule has 252 valence electrons. The average Bonchev–Trinajstić information content (AvgIpc) is 3.20. The van der Waals surface area contributed by atoms with Crippen LogP contribution in [0.2, 0.25) is 0 Å². The molecule has 0 aromatic carbocycles. The zero-order valence-corrected chi connectivity index (χ0v) is 29.6.